The molecule has 0 bridgehead atoms. The number of fused-ring (bicyclic) bond motifs is 1. The molecule has 2 fully saturated rings. The van der Waals surface area contributed by atoms with Crippen LogP contribution in [0, 0.1) is 0 Å². The first-order chi connectivity index (χ1) is 9.98. The van der Waals surface area contributed by atoms with Crippen LogP contribution in [-0.2, 0) is 10.0 Å². The maximum Gasteiger partial charge on any atom is 0.244 e. The first-order valence-electron chi connectivity index (χ1n) is 7.28. The van der Waals surface area contributed by atoms with E-state index in [-0.39, 0.29) is 9.92 Å². The Morgan fingerprint density at radius 1 is 1.19 bits per heavy atom. The van der Waals surface area contributed by atoms with Crippen molar-refractivity contribution in [3.63, 3.8) is 0 Å². The van der Waals surface area contributed by atoms with E-state index in [1.54, 1.807) is 10.4 Å². The Labute approximate surface area is 130 Å². The van der Waals surface area contributed by atoms with Crippen LogP contribution in [0.25, 0.3) is 0 Å². The van der Waals surface area contributed by atoms with Gasteiger partial charge in [-0.25, -0.2) is 8.42 Å². The molecule has 21 heavy (non-hydrogen) atoms. The fourth-order valence-corrected chi connectivity index (χ4v) is 5.30. The van der Waals surface area contributed by atoms with E-state index in [0.29, 0.717) is 24.8 Å². The van der Waals surface area contributed by atoms with Crippen molar-refractivity contribution in [2.24, 2.45) is 0 Å². The molecule has 1 unspecified atom stereocenters. The quantitative estimate of drug-likeness (QED) is 0.840. The molecule has 116 valence electrons. The molecule has 2 aliphatic heterocycles. The summed E-state index contributed by atoms with van der Waals surface area (Å²) in [5.41, 5.74) is 6.11. The van der Waals surface area contributed by atoms with Gasteiger partial charge in [0.15, 0.2) is 0 Å². The molecule has 0 saturated carbocycles. The maximum absolute atomic E-state index is 12.8. The average molecular weight is 330 g/mol. The van der Waals surface area contributed by atoms with Gasteiger partial charge in [0.25, 0.3) is 0 Å². The number of rotatable bonds is 2. The van der Waals surface area contributed by atoms with Crippen molar-refractivity contribution in [2.75, 3.05) is 31.9 Å². The van der Waals surface area contributed by atoms with E-state index in [1.165, 1.54) is 12.1 Å². The van der Waals surface area contributed by atoms with Crippen molar-refractivity contribution < 1.29 is 8.42 Å². The molecule has 0 aliphatic carbocycles. The van der Waals surface area contributed by atoms with Crippen molar-refractivity contribution in [2.45, 2.75) is 30.2 Å². The summed E-state index contributed by atoms with van der Waals surface area (Å²) in [5.74, 6) is 0. The van der Waals surface area contributed by atoms with Gasteiger partial charge < -0.3 is 5.73 Å². The predicted octanol–water partition coefficient (Wildman–Crippen LogP) is 1.78. The number of halogens is 1. The Morgan fingerprint density at radius 3 is 2.71 bits per heavy atom. The number of sulfonamides is 1. The van der Waals surface area contributed by atoms with Gasteiger partial charge in [-0.05, 0) is 50.6 Å². The Morgan fingerprint density at radius 2 is 1.95 bits per heavy atom. The standard InChI is InChI=1S/C14H20ClN3O2S/c15-13-9-11(16)4-5-14(13)21(19,20)18-8-2-7-17-6-1-3-12(17)10-18/h4-5,9,12H,1-3,6-8,10,16H2. The summed E-state index contributed by atoms with van der Waals surface area (Å²) in [5, 5.41) is 0.197. The first-order valence-corrected chi connectivity index (χ1v) is 9.09. The van der Waals surface area contributed by atoms with Crippen LogP contribution in [0.5, 0.6) is 0 Å². The molecule has 2 N–H and O–H groups in total. The molecule has 2 saturated heterocycles. The number of nitrogen functional groups attached to an aromatic ring is 1. The third-order valence-corrected chi connectivity index (χ3v) is 6.69. The first kappa shape index (κ1) is 15.1. The van der Waals surface area contributed by atoms with Crippen LogP contribution in [-0.4, -0.2) is 49.8 Å². The summed E-state index contributed by atoms with van der Waals surface area (Å²) in [4.78, 5) is 2.56. The molecule has 5 nitrogen and oxygen atoms in total. The van der Waals surface area contributed by atoms with Crippen LogP contribution in [0.4, 0.5) is 5.69 Å². The second kappa shape index (κ2) is 5.76. The van der Waals surface area contributed by atoms with Crippen molar-refractivity contribution in [3.8, 4) is 0 Å². The lowest BCUT2D eigenvalue weighted by Gasteiger charge is -2.25. The van der Waals surface area contributed by atoms with Gasteiger partial charge in [-0.3, -0.25) is 4.90 Å². The molecule has 2 heterocycles. The maximum atomic E-state index is 12.8. The normalized spacial score (nSPS) is 24.7. The highest BCUT2D eigenvalue weighted by Crippen LogP contribution is 2.29. The van der Waals surface area contributed by atoms with E-state index in [4.69, 9.17) is 17.3 Å². The monoisotopic (exact) mass is 329 g/mol. The Hall–Kier alpha value is -0.820. The van der Waals surface area contributed by atoms with Crippen LogP contribution in [0.1, 0.15) is 19.3 Å². The van der Waals surface area contributed by atoms with E-state index in [0.717, 1.165) is 32.4 Å². The zero-order valence-electron chi connectivity index (χ0n) is 11.8. The van der Waals surface area contributed by atoms with Crippen molar-refractivity contribution >= 4 is 27.3 Å². The summed E-state index contributed by atoms with van der Waals surface area (Å²) in [7, 11) is -3.55. The summed E-state index contributed by atoms with van der Waals surface area (Å²) >= 11 is 6.09. The number of nitrogens with two attached hydrogens (primary N) is 1. The molecular weight excluding hydrogens is 310 g/mol. The van der Waals surface area contributed by atoms with Crippen molar-refractivity contribution in [1.29, 1.82) is 0 Å². The lowest BCUT2D eigenvalue weighted by atomic mass is 10.2. The fourth-order valence-electron chi connectivity index (χ4n) is 3.26. The zero-order valence-corrected chi connectivity index (χ0v) is 13.4. The van der Waals surface area contributed by atoms with Gasteiger partial charge in [-0.1, -0.05) is 11.6 Å². The number of benzene rings is 1. The second-order valence-corrected chi connectivity index (χ2v) is 8.05. The molecule has 1 aromatic carbocycles. The van der Waals surface area contributed by atoms with Crippen molar-refractivity contribution in [3.05, 3.63) is 23.2 Å². The van der Waals surface area contributed by atoms with E-state index in [2.05, 4.69) is 4.90 Å². The van der Waals surface area contributed by atoms with Crippen LogP contribution in [0.2, 0.25) is 5.02 Å². The largest absolute Gasteiger partial charge is 0.399 e. The summed E-state index contributed by atoms with van der Waals surface area (Å²) in [6.07, 6.45) is 3.09. The number of nitrogens with zero attached hydrogens (tertiary/aromatic N) is 2. The van der Waals surface area contributed by atoms with E-state index >= 15 is 0 Å². The molecule has 0 aromatic heterocycles. The molecule has 0 amide bonds. The lowest BCUT2D eigenvalue weighted by Crippen LogP contribution is -2.39. The molecular formula is C14H20ClN3O2S. The fraction of sp³-hybridized carbons (Fsp3) is 0.571. The smallest absolute Gasteiger partial charge is 0.244 e. The molecule has 0 spiro atoms. The van der Waals surface area contributed by atoms with Crippen LogP contribution in [0.15, 0.2) is 23.1 Å². The molecule has 1 aromatic rings. The highest BCUT2D eigenvalue weighted by atomic mass is 35.5. The molecule has 3 rings (SSSR count). The zero-order chi connectivity index (χ0) is 15.0. The Kier molecular flexibility index (Phi) is 4.14. The minimum Gasteiger partial charge on any atom is -0.399 e. The second-order valence-electron chi connectivity index (χ2n) is 5.74. The Balaban J connectivity index is 1.90. The predicted molar refractivity (Wildman–Crippen MR) is 83.8 cm³/mol. The van der Waals surface area contributed by atoms with Gasteiger partial charge in [-0.15, -0.1) is 0 Å². The number of anilines is 1. The summed E-state index contributed by atoms with van der Waals surface area (Å²) in [6, 6.07) is 4.92. The van der Waals surface area contributed by atoms with Gasteiger partial charge >= 0.3 is 0 Å². The minimum absolute atomic E-state index is 0.157. The Bertz CT molecular complexity index is 635. The van der Waals surface area contributed by atoms with Gasteiger partial charge in [0, 0.05) is 24.8 Å². The van der Waals surface area contributed by atoms with Gasteiger partial charge in [0.2, 0.25) is 10.0 Å². The third kappa shape index (κ3) is 2.90. The minimum atomic E-state index is -3.55. The molecule has 0 radical (unpaired) electrons. The third-order valence-electron chi connectivity index (χ3n) is 4.34. The van der Waals surface area contributed by atoms with Crippen LogP contribution < -0.4 is 5.73 Å². The average Bonchev–Trinajstić information content (AvgIpc) is 2.75. The molecule has 1 atom stereocenters. The van der Waals surface area contributed by atoms with E-state index in [1.807, 2.05) is 0 Å². The van der Waals surface area contributed by atoms with E-state index < -0.39 is 10.0 Å². The topological polar surface area (TPSA) is 66.6 Å². The van der Waals surface area contributed by atoms with Gasteiger partial charge in [-0.2, -0.15) is 4.31 Å². The number of hydrogen-bond acceptors (Lipinski definition) is 4. The molecule has 2 aliphatic rings. The SMILES string of the molecule is Nc1ccc(S(=O)(=O)N2CCCN3CCCC3C2)c(Cl)c1. The van der Waals surface area contributed by atoms with E-state index in [9.17, 15) is 8.42 Å². The summed E-state index contributed by atoms with van der Waals surface area (Å²) < 4.78 is 27.3. The lowest BCUT2D eigenvalue weighted by molar-refractivity contribution is 0.257. The van der Waals surface area contributed by atoms with Crippen molar-refractivity contribution in [1.82, 2.24) is 9.21 Å². The summed E-state index contributed by atoms with van der Waals surface area (Å²) in [6.45, 7) is 3.17. The van der Waals surface area contributed by atoms with Crippen LogP contribution >= 0.6 is 11.6 Å². The highest BCUT2D eigenvalue weighted by molar-refractivity contribution is 7.89. The van der Waals surface area contributed by atoms with Crippen LogP contribution in [0.3, 0.4) is 0 Å². The highest BCUT2D eigenvalue weighted by Gasteiger charge is 2.35. The van der Waals surface area contributed by atoms with Gasteiger partial charge in [0.1, 0.15) is 4.90 Å². The molecule has 7 heteroatoms. The number of hydrogen-bond donors (Lipinski definition) is 1. The van der Waals surface area contributed by atoms with Gasteiger partial charge in [0.05, 0.1) is 5.02 Å².